The Morgan fingerprint density at radius 2 is 2.21 bits per heavy atom. The number of aromatic nitrogens is 1. The molecule has 1 aromatic heterocycles. The summed E-state index contributed by atoms with van der Waals surface area (Å²) in [6.45, 7) is 4.05. The number of hydrogen-bond acceptors (Lipinski definition) is 4. The summed E-state index contributed by atoms with van der Waals surface area (Å²) in [5.74, 6) is 1.27. The van der Waals surface area contributed by atoms with Crippen LogP contribution >= 0.6 is 15.9 Å². The standard InChI is InChI=1S/C9H14BrN3O/c1-5(2)13-9-7(11)8(14-3)6(10)4-12-9/h4-5H,11H2,1-3H3,(H,12,13). The number of ether oxygens (including phenoxy) is 1. The van der Waals surface area contributed by atoms with Gasteiger partial charge in [-0.05, 0) is 29.8 Å². The minimum atomic E-state index is 0.288. The fraction of sp³-hybridized carbons (Fsp3) is 0.444. The van der Waals surface area contributed by atoms with Gasteiger partial charge in [-0.3, -0.25) is 0 Å². The molecule has 4 nitrogen and oxygen atoms in total. The van der Waals surface area contributed by atoms with E-state index in [1.165, 1.54) is 0 Å². The van der Waals surface area contributed by atoms with Crippen LogP contribution in [-0.4, -0.2) is 18.1 Å². The average Bonchev–Trinajstić information content (AvgIpc) is 2.10. The van der Waals surface area contributed by atoms with Gasteiger partial charge in [-0.15, -0.1) is 0 Å². The number of pyridine rings is 1. The molecule has 0 bridgehead atoms. The first-order valence-electron chi connectivity index (χ1n) is 4.30. The number of halogens is 1. The van der Waals surface area contributed by atoms with E-state index < -0.39 is 0 Å². The third kappa shape index (κ3) is 2.29. The van der Waals surface area contributed by atoms with Crippen molar-refractivity contribution in [3.8, 4) is 5.75 Å². The molecule has 1 aromatic rings. The fourth-order valence-corrected chi connectivity index (χ4v) is 1.56. The Balaban J connectivity index is 3.08. The Bertz CT molecular complexity index is 328. The number of nitrogens with zero attached hydrogens (tertiary/aromatic N) is 1. The van der Waals surface area contributed by atoms with Crippen LogP contribution in [0.5, 0.6) is 5.75 Å². The molecule has 0 aromatic carbocycles. The van der Waals surface area contributed by atoms with Crippen LogP contribution in [0.15, 0.2) is 10.7 Å². The van der Waals surface area contributed by atoms with Crippen molar-refractivity contribution < 1.29 is 4.74 Å². The van der Waals surface area contributed by atoms with E-state index in [-0.39, 0.29) is 6.04 Å². The molecular formula is C9H14BrN3O. The Morgan fingerprint density at radius 1 is 1.57 bits per heavy atom. The number of nitrogens with two attached hydrogens (primary N) is 1. The lowest BCUT2D eigenvalue weighted by atomic mass is 10.3. The van der Waals surface area contributed by atoms with Gasteiger partial charge in [-0.2, -0.15) is 0 Å². The molecule has 5 heteroatoms. The van der Waals surface area contributed by atoms with Gasteiger partial charge >= 0.3 is 0 Å². The van der Waals surface area contributed by atoms with Crippen LogP contribution in [0, 0.1) is 0 Å². The SMILES string of the molecule is COc1c(Br)cnc(NC(C)C)c1N. The molecule has 0 radical (unpaired) electrons. The zero-order valence-electron chi connectivity index (χ0n) is 8.47. The van der Waals surface area contributed by atoms with E-state index in [4.69, 9.17) is 10.5 Å². The van der Waals surface area contributed by atoms with Crippen molar-refractivity contribution in [3.63, 3.8) is 0 Å². The molecule has 14 heavy (non-hydrogen) atoms. The monoisotopic (exact) mass is 259 g/mol. The predicted molar refractivity (Wildman–Crippen MR) is 61.7 cm³/mol. The van der Waals surface area contributed by atoms with Crippen LogP contribution in [0.25, 0.3) is 0 Å². The summed E-state index contributed by atoms with van der Waals surface area (Å²) in [5.41, 5.74) is 6.39. The molecule has 0 fully saturated rings. The highest BCUT2D eigenvalue weighted by atomic mass is 79.9. The summed E-state index contributed by atoms with van der Waals surface area (Å²) in [7, 11) is 1.58. The maximum absolute atomic E-state index is 5.86. The van der Waals surface area contributed by atoms with Crippen LogP contribution < -0.4 is 15.8 Å². The van der Waals surface area contributed by atoms with Gasteiger partial charge in [0.15, 0.2) is 11.6 Å². The molecule has 0 aliphatic carbocycles. The molecule has 0 unspecified atom stereocenters. The quantitative estimate of drug-likeness (QED) is 0.875. The Kier molecular flexibility index (Phi) is 3.57. The van der Waals surface area contributed by atoms with Crippen molar-refractivity contribution in [3.05, 3.63) is 10.7 Å². The van der Waals surface area contributed by atoms with E-state index in [2.05, 4.69) is 26.2 Å². The molecule has 3 N–H and O–H groups in total. The molecule has 0 saturated heterocycles. The smallest absolute Gasteiger partial charge is 0.161 e. The summed E-state index contributed by atoms with van der Waals surface area (Å²) in [6, 6.07) is 0.288. The normalized spacial score (nSPS) is 10.4. The Labute approximate surface area is 92.0 Å². The van der Waals surface area contributed by atoms with Crippen molar-refractivity contribution in [1.29, 1.82) is 0 Å². The first kappa shape index (κ1) is 11.1. The number of nitrogens with one attached hydrogen (secondary N) is 1. The van der Waals surface area contributed by atoms with Gasteiger partial charge in [0.05, 0.1) is 11.6 Å². The van der Waals surface area contributed by atoms with Gasteiger partial charge in [0, 0.05) is 12.2 Å². The first-order valence-corrected chi connectivity index (χ1v) is 5.10. The molecule has 0 aliphatic rings. The van der Waals surface area contributed by atoms with Crippen LogP contribution in [0.3, 0.4) is 0 Å². The number of hydrogen-bond donors (Lipinski definition) is 2. The molecule has 78 valence electrons. The Morgan fingerprint density at radius 3 is 2.71 bits per heavy atom. The lowest BCUT2D eigenvalue weighted by Gasteiger charge is -2.14. The number of rotatable bonds is 3. The Hall–Kier alpha value is -0.970. The molecule has 0 saturated carbocycles. The maximum Gasteiger partial charge on any atom is 0.161 e. The summed E-state index contributed by atoms with van der Waals surface area (Å²) >= 11 is 3.31. The second-order valence-electron chi connectivity index (χ2n) is 3.20. The van der Waals surface area contributed by atoms with Crippen molar-refractivity contribution in [2.75, 3.05) is 18.2 Å². The molecule has 0 spiro atoms. The third-order valence-electron chi connectivity index (χ3n) is 1.65. The van der Waals surface area contributed by atoms with E-state index >= 15 is 0 Å². The van der Waals surface area contributed by atoms with E-state index in [1.807, 2.05) is 13.8 Å². The summed E-state index contributed by atoms with van der Waals surface area (Å²) in [4.78, 5) is 4.16. The summed E-state index contributed by atoms with van der Waals surface area (Å²) in [5, 5.41) is 3.14. The lowest BCUT2D eigenvalue weighted by molar-refractivity contribution is 0.414. The number of methoxy groups -OCH3 is 1. The van der Waals surface area contributed by atoms with Gasteiger partial charge in [0.2, 0.25) is 0 Å². The highest BCUT2D eigenvalue weighted by molar-refractivity contribution is 9.10. The lowest BCUT2D eigenvalue weighted by Crippen LogP contribution is -2.13. The van der Waals surface area contributed by atoms with E-state index in [0.29, 0.717) is 17.3 Å². The van der Waals surface area contributed by atoms with Crippen molar-refractivity contribution >= 4 is 27.4 Å². The molecule has 0 amide bonds. The summed E-state index contributed by atoms with van der Waals surface area (Å²) < 4.78 is 5.90. The van der Waals surface area contributed by atoms with Crippen LogP contribution in [0.4, 0.5) is 11.5 Å². The van der Waals surface area contributed by atoms with Crippen LogP contribution in [0.1, 0.15) is 13.8 Å². The molecule has 0 aliphatic heterocycles. The van der Waals surface area contributed by atoms with Gasteiger partial charge < -0.3 is 15.8 Å². The van der Waals surface area contributed by atoms with Gasteiger partial charge in [-0.25, -0.2) is 4.98 Å². The van der Waals surface area contributed by atoms with Gasteiger partial charge in [0.1, 0.15) is 5.69 Å². The minimum Gasteiger partial charge on any atom is -0.493 e. The second kappa shape index (κ2) is 4.50. The van der Waals surface area contributed by atoms with Crippen LogP contribution in [0.2, 0.25) is 0 Å². The first-order chi connectivity index (χ1) is 6.56. The minimum absolute atomic E-state index is 0.288. The zero-order chi connectivity index (χ0) is 10.7. The maximum atomic E-state index is 5.86. The number of anilines is 2. The predicted octanol–water partition coefficient (Wildman–Crippen LogP) is 2.26. The topological polar surface area (TPSA) is 60.2 Å². The van der Waals surface area contributed by atoms with E-state index in [9.17, 15) is 0 Å². The van der Waals surface area contributed by atoms with Crippen molar-refractivity contribution in [1.82, 2.24) is 4.98 Å². The molecular weight excluding hydrogens is 246 g/mol. The van der Waals surface area contributed by atoms with E-state index in [0.717, 1.165) is 4.47 Å². The second-order valence-corrected chi connectivity index (χ2v) is 4.06. The third-order valence-corrected chi connectivity index (χ3v) is 2.22. The van der Waals surface area contributed by atoms with E-state index in [1.54, 1.807) is 13.3 Å². The highest BCUT2D eigenvalue weighted by Gasteiger charge is 2.11. The zero-order valence-corrected chi connectivity index (χ0v) is 10.1. The highest BCUT2D eigenvalue weighted by Crippen LogP contribution is 2.34. The fourth-order valence-electron chi connectivity index (χ4n) is 1.08. The van der Waals surface area contributed by atoms with Gasteiger partial charge in [0.25, 0.3) is 0 Å². The summed E-state index contributed by atoms with van der Waals surface area (Å²) in [6.07, 6.45) is 1.67. The number of nitrogen functional groups attached to an aromatic ring is 1. The van der Waals surface area contributed by atoms with Crippen LogP contribution in [-0.2, 0) is 0 Å². The molecule has 1 heterocycles. The molecule has 1 rings (SSSR count). The molecule has 0 atom stereocenters. The van der Waals surface area contributed by atoms with Crippen molar-refractivity contribution in [2.45, 2.75) is 19.9 Å². The van der Waals surface area contributed by atoms with Gasteiger partial charge in [-0.1, -0.05) is 0 Å². The van der Waals surface area contributed by atoms with Crippen molar-refractivity contribution in [2.24, 2.45) is 0 Å². The average molecular weight is 260 g/mol. The largest absolute Gasteiger partial charge is 0.493 e.